The molecule has 1 aliphatic carbocycles. The minimum Gasteiger partial charge on any atom is -0.493 e. The molecule has 1 N–H and O–H groups in total. The van der Waals surface area contributed by atoms with Crippen LogP contribution in [0, 0.1) is 0 Å². The van der Waals surface area contributed by atoms with Crippen LogP contribution in [0.4, 0.5) is 5.69 Å². The van der Waals surface area contributed by atoms with Crippen molar-refractivity contribution in [2.75, 3.05) is 32.2 Å². The van der Waals surface area contributed by atoms with Crippen LogP contribution < -0.4 is 19.7 Å². The number of amides is 3. The molecule has 5 rings (SSSR count). The van der Waals surface area contributed by atoms with E-state index in [1.54, 1.807) is 41.3 Å². The van der Waals surface area contributed by atoms with Crippen molar-refractivity contribution >= 4 is 23.4 Å². The van der Waals surface area contributed by atoms with E-state index < -0.39 is 6.17 Å². The fraction of sp³-hybridized carbons (Fsp3) is 0.370. The number of benzene rings is 2. The lowest BCUT2D eigenvalue weighted by molar-refractivity contribution is -0.122. The molecule has 0 fully saturated rings. The Balaban J connectivity index is 1.46. The smallest absolute Gasteiger partial charge is 0.264 e. The molecule has 2 aromatic rings. The monoisotopic (exact) mass is 475 g/mol. The summed E-state index contributed by atoms with van der Waals surface area (Å²) in [5, 5.41) is 2.96. The summed E-state index contributed by atoms with van der Waals surface area (Å²) in [4.78, 5) is 43.2. The van der Waals surface area contributed by atoms with E-state index in [1.807, 2.05) is 0 Å². The predicted molar refractivity (Wildman–Crippen MR) is 131 cm³/mol. The highest BCUT2D eigenvalue weighted by Gasteiger charge is 2.50. The number of allylic oxidation sites excluding steroid dienone is 1. The molecule has 0 unspecified atom stereocenters. The maximum Gasteiger partial charge on any atom is 0.264 e. The number of ether oxygens (including phenoxy) is 2. The van der Waals surface area contributed by atoms with Crippen molar-refractivity contribution in [2.45, 2.75) is 38.3 Å². The Morgan fingerprint density at radius 3 is 2.63 bits per heavy atom. The summed E-state index contributed by atoms with van der Waals surface area (Å²) < 4.78 is 10.9. The van der Waals surface area contributed by atoms with Crippen molar-refractivity contribution in [1.82, 2.24) is 10.2 Å². The maximum atomic E-state index is 13.7. The second kappa shape index (κ2) is 9.44. The highest BCUT2D eigenvalue weighted by Crippen LogP contribution is 2.49. The topological polar surface area (TPSA) is 88.2 Å². The molecule has 1 atom stereocenters. The number of anilines is 1. The van der Waals surface area contributed by atoms with E-state index in [4.69, 9.17) is 9.47 Å². The van der Waals surface area contributed by atoms with Gasteiger partial charge in [-0.1, -0.05) is 29.8 Å². The average molecular weight is 476 g/mol. The molecular formula is C27H29N3O5. The zero-order valence-electron chi connectivity index (χ0n) is 20.0. The first-order chi connectivity index (χ1) is 17.0. The van der Waals surface area contributed by atoms with Crippen LogP contribution in [0.1, 0.15) is 64.5 Å². The molecule has 3 amide bonds. The summed E-state index contributed by atoms with van der Waals surface area (Å²) in [6.07, 6.45) is 6.94. The SMILES string of the molecule is COc1ccc2c(c1OC)C(=O)N1c3ccccc3C(=O)N(CC(=O)NCCC3=CCCCC3)[C@H]21. The number of nitrogens with zero attached hydrogens (tertiary/aromatic N) is 2. The van der Waals surface area contributed by atoms with E-state index in [-0.39, 0.29) is 24.3 Å². The first kappa shape index (κ1) is 23.0. The van der Waals surface area contributed by atoms with Crippen LogP contribution in [0.25, 0.3) is 0 Å². The Morgan fingerprint density at radius 1 is 1.06 bits per heavy atom. The van der Waals surface area contributed by atoms with Crippen molar-refractivity contribution in [2.24, 2.45) is 0 Å². The molecule has 0 radical (unpaired) electrons. The van der Waals surface area contributed by atoms with Crippen LogP contribution in [0.2, 0.25) is 0 Å². The second-order valence-electron chi connectivity index (χ2n) is 8.97. The number of carbonyl (C=O) groups is 3. The normalized spacial score (nSPS) is 18.5. The van der Waals surface area contributed by atoms with Gasteiger partial charge in [-0.25, -0.2) is 0 Å². The first-order valence-electron chi connectivity index (χ1n) is 12.0. The van der Waals surface area contributed by atoms with Crippen molar-refractivity contribution in [3.63, 3.8) is 0 Å². The van der Waals surface area contributed by atoms with Gasteiger partial charge in [0.05, 0.1) is 31.0 Å². The highest BCUT2D eigenvalue weighted by atomic mass is 16.5. The van der Waals surface area contributed by atoms with Crippen LogP contribution in [0.5, 0.6) is 11.5 Å². The third-order valence-corrected chi connectivity index (χ3v) is 6.95. The van der Waals surface area contributed by atoms with E-state index in [1.165, 1.54) is 37.5 Å². The van der Waals surface area contributed by atoms with Gasteiger partial charge < -0.3 is 19.7 Å². The Kier molecular flexibility index (Phi) is 6.19. The number of hydrogen-bond donors (Lipinski definition) is 1. The second-order valence-corrected chi connectivity index (χ2v) is 8.97. The fourth-order valence-electron chi connectivity index (χ4n) is 5.29. The van der Waals surface area contributed by atoms with Crippen LogP contribution in [-0.4, -0.2) is 49.9 Å². The van der Waals surface area contributed by atoms with E-state index >= 15 is 0 Å². The summed E-state index contributed by atoms with van der Waals surface area (Å²) in [5.41, 5.74) is 3.23. The molecule has 0 aromatic heterocycles. The van der Waals surface area contributed by atoms with Gasteiger partial charge in [0.2, 0.25) is 5.91 Å². The number of rotatable bonds is 7. The quantitative estimate of drug-likeness (QED) is 0.615. The molecule has 35 heavy (non-hydrogen) atoms. The van der Waals surface area contributed by atoms with Gasteiger partial charge in [-0.3, -0.25) is 19.3 Å². The Labute approximate surface area is 204 Å². The van der Waals surface area contributed by atoms with Gasteiger partial charge in [0.1, 0.15) is 12.7 Å². The van der Waals surface area contributed by atoms with E-state index in [2.05, 4.69) is 11.4 Å². The molecule has 2 heterocycles. The molecule has 2 aromatic carbocycles. The highest BCUT2D eigenvalue weighted by molar-refractivity contribution is 6.18. The predicted octanol–water partition coefficient (Wildman–Crippen LogP) is 3.83. The molecule has 8 heteroatoms. The summed E-state index contributed by atoms with van der Waals surface area (Å²) in [6, 6.07) is 10.5. The van der Waals surface area contributed by atoms with Gasteiger partial charge in [0, 0.05) is 12.1 Å². The molecule has 2 aliphatic heterocycles. The zero-order valence-corrected chi connectivity index (χ0v) is 20.0. The number of nitrogens with one attached hydrogen (secondary N) is 1. The van der Waals surface area contributed by atoms with Crippen LogP contribution in [0.3, 0.4) is 0 Å². The van der Waals surface area contributed by atoms with Crippen molar-refractivity contribution in [1.29, 1.82) is 0 Å². The van der Waals surface area contributed by atoms with Gasteiger partial charge in [-0.05, 0) is 50.3 Å². The number of methoxy groups -OCH3 is 2. The van der Waals surface area contributed by atoms with E-state index in [0.29, 0.717) is 40.4 Å². The molecular weight excluding hydrogens is 446 g/mol. The van der Waals surface area contributed by atoms with Gasteiger partial charge >= 0.3 is 0 Å². The lowest BCUT2D eigenvalue weighted by Crippen LogP contribution is -2.51. The summed E-state index contributed by atoms with van der Waals surface area (Å²) >= 11 is 0. The summed E-state index contributed by atoms with van der Waals surface area (Å²) in [6.45, 7) is 0.368. The third-order valence-electron chi connectivity index (χ3n) is 6.95. The molecule has 182 valence electrons. The molecule has 0 spiro atoms. The number of fused-ring (bicyclic) bond motifs is 5. The molecule has 0 bridgehead atoms. The van der Waals surface area contributed by atoms with Crippen molar-refractivity contribution in [3.05, 3.63) is 64.7 Å². The molecule has 0 saturated carbocycles. The van der Waals surface area contributed by atoms with E-state index in [0.717, 1.165) is 19.3 Å². The van der Waals surface area contributed by atoms with Crippen molar-refractivity contribution < 1.29 is 23.9 Å². The first-order valence-corrected chi connectivity index (χ1v) is 12.0. The minimum atomic E-state index is -0.744. The van der Waals surface area contributed by atoms with Crippen LogP contribution in [-0.2, 0) is 4.79 Å². The molecule has 3 aliphatic rings. The van der Waals surface area contributed by atoms with Gasteiger partial charge in [0.25, 0.3) is 11.8 Å². The Morgan fingerprint density at radius 2 is 1.89 bits per heavy atom. The fourth-order valence-corrected chi connectivity index (χ4v) is 5.29. The zero-order chi connectivity index (χ0) is 24.5. The number of para-hydroxylation sites is 1. The summed E-state index contributed by atoms with van der Waals surface area (Å²) in [7, 11) is 2.99. The van der Waals surface area contributed by atoms with E-state index in [9.17, 15) is 14.4 Å². The molecule has 0 saturated heterocycles. The minimum absolute atomic E-state index is 0.158. The number of carbonyl (C=O) groups excluding carboxylic acids is 3. The van der Waals surface area contributed by atoms with Crippen molar-refractivity contribution in [3.8, 4) is 11.5 Å². The Bertz CT molecular complexity index is 1220. The maximum absolute atomic E-state index is 13.7. The Hall–Kier alpha value is -3.81. The number of hydrogen-bond acceptors (Lipinski definition) is 5. The third kappa shape index (κ3) is 3.92. The summed E-state index contributed by atoms with van der Waals surface area (Å²) in [5.74, 6) is -0.0897. The largest absolute Gasteiger partial charge is 0.493 e. The molecule has 8 nitrogen and oxygen atoms in total. The lowest BCUT2D eigenvalue weighted by Gasteiger charge is -2.40. The average Bonchev–Trinajstić information content (AvgIpc) is 3.19. The lowest BCUT2D eigenvalue weighted by atomic mass is 9.97. The van der Waals surface area contributed by atoms with Crippen LogP contribution in [0.15, 0.2) is 48.0 Å². The van der Waals surface area contributed by atoms with Gasteiger partial charge in [0.15, 0.2) is 11.5 Å². The van der Waals surface area contributed by atoms with Crippen LogP contribution >= 0.6 is 0 Å². The van der Waals surface area contributed by atoms with Gasteiger partial charge in [-0.15, -0.1) is 0 Å². The van der Waals surface area contributed by atoms with Gasteiger partial charge in [-0.2, -0.15) is 0 Å². The standard InChI is InChI=1S/C27H29N3O5/c1-34-21-13-12-19-23(24(21)35-2)27(33)30-20-11-7-6-10-18(20)26(32)29(25(19)30)16-22(31)28-15-14-17-8-4-3-5-9-17/h6-8,10-13,25H,3-5,9,14-16H2,1-2H3,(H,28,31)/t25-/m0/s1.